The van der Waals surface area contributed by atoms with Crippen LogP contribution in [0, 0.1) is 0 Å². The molecule has 0 aliphatic rings. The molecule has 0 fully saturated rings. The van der Waals surface area contributed by atoms with E-state index in [0.717, 1.165) is 66.1 Å². The molecule has 0 N–H and O–H groups in total. The van der Waals surface area contributed by atoms with E-state index in [9.17, 15) is 0 Å². The van der Waals surface area contributed by atoms with Gasteiger partial charge < -0.3 is 8.98 Å². The average molecular weight is 771 g/mol. The highest BCUT2D eigenvalue weighted by Crippen LogP contribution is 2.44. The van der Waals surface area contributed by atoms with Crippen molar-refractivity contribution >= 4 is 96.8 Å². The minimum Gasteiger partial charge on any atom is -0.455 e. The molecule has 0 aliphatic carbocycles. The minimum absolute atomic E-state index is 0.564. The Morgan fingerprint density at radius 3 is 1.93 bits per heavy atom. The van der Waals surface area contributed by atoms with Crippen LogP contribution in [0.15, 0.2) is 186 Å². The summed E-state index contributed by atoms with van der Waals surface area (Å²) in [4.78, 5) is 15.4. The lowest BCUT2D eigenvalue weighted by atomic mass is 10.0. The van der Waals surface area contributed by atoms with Gasteiger partial charge in [0.2, 0.25) is 0 Å². The number of para-hydroxylation sites is 2. The Hall–Kier alpha value is -7.67. The maximum atomic E-state index is 7.05. The Morgan fingerprint density at radius 2 is 1.07 bits per heavy atom. The van der Waals surface area contributed by atoms with E-state index in [1.807, 2.05) is 30.3 Å². The van der Waals surface area contributed by atoms with Crippen LogP contribution in [0.4, 0.5) is 0 Å². The van der Waals surface area contributed by atoms with Crippen LogP contribution in [0.3, 0.4) is 0 Å². The SMILES string of the molecule is c1ccc(-c2nc(-c3ccc4c(c3)sc3ccccc34)nc(-c3cccc4c3oc3cc(-n5c6ccccc6c6cc7ccccc7cc65)c5ccccc5c34)n2)cc1. The predicted octanol–water partition coefficient (Wildman–Crippen LogP) is 14.5. The molecule has 13 rings (SSSR count). The van der Waals surface area contributed by atoms with E-state index >= 15 is 0 Å². The molecular formula is C53H30N4OS. The number of thiophene rings is 1. The van der Waals surface area contributed by atoms with E-state index in [1.165, 1.54) is 41.7 Å². The van der Waals surface area contributed by atoms with Gasteiger partial charge in [0.05, 0.1) is 22.3 Å². The van der Waals surface area contributed by atoms with Gasteiger partial charge in [-0.25, -0.2) is 15.0 Å². The van der Waals surface area contributed by atoms with Gasteiger partial charge in [0.25, 0.3) is 0 Å². The third kappa shape index (κ3) is 4.87. The van der Waals surface area contributed by atoms with Gasteiger partial charge in [-0.15, -0.1) is 11.3 Å². The predicted molar refractivity (Wildman–Crippen MR) is 246 cm³/mol. The topological polar surface area (TPSA) is 56.7 Å². The zero-order valence-electron chi connectivity index (χ0n) is 31.4. The summed E-state index contributed by atoms with van der Waals surface area (Å²) < 4.78 is 11.9. The third-order valence-corrected chi connectivity index (χ3v) is 12.9. The second-order valence-corrected chi connectivity index (χ2v) is 16.2. The van der Waals surface area contributed by atoms with E-state index in [-0.39, 0.29) is 0 Å². The molecule has 274 valence electrons. The Morgan fingerprint density at radius 1 is 0.407 bits per heavy atom. The number of benzene rings is 9. The van der Waals surface area contributed by atoms with Gasteiger partial charge in [0.15, 0.2) is 17.5 Å². The molecule has 0 saturated carbocycles. The second-order valence-electron chi connectivity index (χ2n) is 15.1. The van der Waals surface area contributed by atoms with Crippen molar-refractivity contribution < 1.29 is 4.42 Å². The van der Waals surface area contributed by atoms with Crippen LogP contribution in [-0.2, 0) is 0 Å². The van der Waals surface area contributed by atoms with Crippen molar-refractivity contribution in [3.63, 3.8) is 0 Å². The van der Waals surface area contributed by atoms with Gasteiger partial charge >= 0.3 is 0 Å². The molecule has 0 amide bonds. The Kier molecular flexibility index (Phi) is 6.82. The van der Waals surface area contributed by atoms with E-state index in [1.54, 1.807) is 11.3 Å². The Labute approximate surface area is 341 Å². The number of fused-ring (bicyclic) bond motifs is 12. The maximum absolute atomic E-state index is 7.05. The zero-order valence-corrected chi connectivity index (χ0v) is 32.2. The van der Waals surface area contributed by atoms with Crippen LogP contribution < -0.4 is 0 Å². The first-order valence-corrected chi connectivity index (χ1v) is 20.6. The molecule has 4 aromatic heterocycles. The fourth-order valence-corrected chi connectivity index (χ4v) is 10.3. The molecule has 0 spiro atoms. The first kappa shape index (κ1) is 32.4. The number of hydrogen-bond acceptors (Lipinski definition) is 5. The summed E-state index contributed by atoms with van der Waals surface area (Å²) in [5, 5.41) is 11.7. The van der Waals surface area contributed by atoms with E-state index in [2.05, 4.69) is 156 Å². The van der Waals surface area contributed by atoms with Gasteiger partial charge in [-0.05, 0) is 52.6 Å². The highest BCUT2D eigenvalue weighted by Gasteiger charge is 2.22. The van der Waals surface area contributed by atoms with Crippen LogP contribution in [-0.4, -0.2) is 19.5 Å². The number of hydrogen-bond donors (Lipinski definition) is 0. The molecule has 6 heteroatoms. The molecule has 0 saturated heterocycles. The van der Waals surface area contributed by atoms with Crippen LogP contribution in [0.5, 0.6) is 0 Å². The van der Waals surface area contributed by atoms with Gasteiger partial charge in [-0.2, -0.15) is 0 Å². The number of nitrogens with zero attached hydrogens (tertiary/aromatic N) is 4. The molecule has 0 aliphatic heterocycles. The van der Waals surface area contributed by atoms with Crippen LogP contribution >= 0.6 is 11.3 Å². The van der Waals surface area contributed by atoms with Gasteiger partial charge in [-0.1, -0.05) is 140 Å². The molecule has 13 aromatic rings. The van der Waals surface area contributed by atoms with Crippen LogP contribution in [0.25, 0.3) is 125 Å². The zero-order chi connectivity index (χ0) is 38.6. The minimum atomic E-state index is 0.564. The summed E-state index contributed by atoms with van der Waals surface area (Å²) in [5.74, 6) is 1.79. The van der Waals surface area contributed by atoms with Crippen molar-refractivity contribution in [2.75, 3.05) is 0 Å². The molecule has 0 unspecified atom stereocenters. The average Bonchev–Trinajstić information content (AvgIpc) is 3.97. The lowest BCUT2D eigenvalue weighted by molar-refractivity contribution is 0.669. The van der Waals surface area contributed by atoms with Crippen LogP contribution in [0.2, 0.25) is 0 Å². The monoisotopic (exact) mass is 770 g/mol. The molecule has 0 atom stereocenters. The Balaban J connectivity index is 1.06. The fourth-order valence-electron chi connectivity index (χ4n) is 9.13. The second kappa shape index (κ2) is 12.4. The summed E-state index contributed by atoms with van der Waals surface area (Å²) in [6.07, 6.45) is 0. The summed E-state index contributed by atoms with van der Waals surface area (Å²) in [6, 6.07) is 64.4. The van der Waals surface area contributed by atoms with Gasteiger partial charge in [-0.3, -0.25) is 0 Å². The normalized spacial score (nSPS) is 12.1. The standard InChI is InChI=1S/C53H30N4OS/c1-2-13-31(14-3-1)51-54-52(34-25-26-38-37-19-9-11-24-47(37)59-48(38)29-34)56-53(55-51)41-22-12-21-40-49-39-20-7-6-17-35(39)45(30-46(49)58-50(40)41)57-43-23-10-8-18-36(43)42-27-32-15-4-5-16-33(32)28-44(42)57/h1-30H. The number of furan rings is 1. The first-order valence-electron chi connectivity index (χ1n) is 19.8. The fraction of sp³-hybridized carbons (Fsp3) is 0. The lowest BCUT2D eigenvalue weighted by Gasteiger charge is -2.13. The number of rotatable bonds is 4. The molecule has 5 nitrogen and oxygen atoms in total. The first-order chi connectivity index (χ1) is 29.2. The van der Waals surface area contributed by atoms with Crippen molar-refractivity contribution in [1.82, 2.24) is 19.5 Å². The van der Waals surface area contributed by atoms with E-state index in [0.29, 0.717) is 17.5 Å². The van der Waals surface area contributed by atoms with Crippen molar-refractivity contribution in [3.05, 3.63) is 182 Å². The molecule has 0 bridgehead atoms. The van der Waals surface area contributed by atoms with Gasteiger partial charge in [0.1, 0.15) is 11.2 Å². The molecule has 0 radical (unpaired) electrons. The lowest BCUT2D eigenvalue weighted by Crippen LogP contribution is -2.00. The van der Waals surface area contributed by atoms with Crippen molar-refractivity contribution in [2.24, 2.45) is 0 Å². The number of aromatic nitrogens is 4. The molecule has 4 heterocycles. The molecule has 59 heavy (non-hydrogen) atoms. The van der Waals surface area contributed by atoms with Crippen molar-refractivity contribution in [3.8, 4) is 39.9 Å². The van der Waals surface area contributed by atoms with Gasteiger partial charge in [0, 0.05) is 64.3 Å². The molecule has 9 aromatic carbocycles. The maximum Gasteiger partial charge on any atom is 0.167 e. The summed E-state index contributed by atoms with van der Waals surface area (Å²) >= 11 is 1.79. The third-order valence-electron chi connectivity index (χ3n) is 11.8. The highest BCUT2D eigenvalue weighted by atomic mass is 32.1. The van der Waals surface area contributed by atoms with Crippen LogP contribution in [0.1, 0.15) is 0 Å². The van der Waals surface area contributed by atoms with E-state index in [4.69, 9.17) is 19.4 Å². The molecular weight excluding hydrogens is 741 g/mol. The van der Waals surface area contributed by atoms with Crippen molar-refractivity contribution in [2.45, 2.75) is 0 Å². The summed E-state index contributed by atoms with van der Waals surface area (Å²) in [6.45, 7) is 0. The highest BCUT2D eigenvalue weighted by molar-refractivity contribution is 7.25. The largest absolute Gasteiger partial charge is 0.455 e. The van der Waals surface area contributed by atoms with Crippen molar-refractivity contribution in [1.29, 1.82) is 0 Å². The van der Waals surface area contributed by atoms with E-state index < -0.39 is 0 Å². The quantitative estimate of drug-likeness (QED) is 0.179. The summed E-state index contributed by atoms with van der Waals surface area (Å²) in [5.41, 5.74) is 7.61. The Bertz CT molecular complexity index is 3860. The smallest absolute Gasteiger partial charge is 0.167 e. The summed E-state index contributed by atoms with van der Waals surface area (Å²) in [7, 11) is 0.